The molecule has 2 aliphatic rings. The quantitative estimate of drug-likeness (QED) is 0.568. The highest BCUT2D eigenvalue weighted by atomic mass is 14.2. The molecule has 2 aliphatic carbocycles. The van der Waals surface area contributed by atoms with E-state index in [1.54, 1.807) is 0 Å². The van der Waals surface area contributed by atoms with Gasteiger partial charge in [-0.3, -0.25) is 0 Å². The van der Waals surface area contributed by atoms with Gasteiger partial charge >= 0.3 is 0 Å². The van der Waals surface area contributed by atoms with Gasteiger partial charge in [-0.25, -0.2) is 0 Å². The van der Waals surface area contributed by atoms with Crippen LogP contribution in [0.5, 0.6) is 0 Å². The molecule has 0 N–H and O–H groups in total. The fraction of sp³-hybridized carbons (Fsp3) is 0.111. The minimum Gasteiger partial charge on any atom is -0.0838 e. The van der Waals surface area contributed by atoms with Crippen LogP contribution in [0, 0.1) is 0 Å². The summed E-state index contributed by atoms with van der Waals surface area (Å²) in [6, 6.07) is 13.3. The van der Waals surface area contributed by atoms with E-state index in [4.69, 9.17) is 0 Å². The number of rotatable bonds is 0. The lowest BCUT2D eigenvalue weighted by atomic mass is 9.80. The fourth-order valence-electron chi connectivity index (χ4n) is 2.99. The number of benzene rings is 2. The molecule has 0 aromatic heterocycles. The maximum Gasteiger partial charge on any atom is 0.0272 e. The normalized spacial score (nSPS) is 20.4. The molecule has 0 amide bonds. The van der Waals surface area contributed by atoms with Gasteiger partial charge in [-0.1, -0.05) is 54.6 Å². The van der Waals surface area contributed by atoms with Crippen molar-refractivity contribution < 1.29 is 0 Å². The van der Waals surface area contributed by atoms with Gasteiger partial charge in [0.05, 0.1) is 0 Å². The van der Waals surface area contributed by atoms with Gasteiger partial charge < -0.3 is 0 Å². The van der Waals surface area contributed by atoms with Crippen LogP contribution in [0.1, 0.15) is 23.5 Å². The standard InChI is InChI=1S/C18H14/c1-2-7-15-12-18-16(11-14(15)6-1)10-9-13-5-3-4-8-17(13)18/h1-2,4-12,17H,3H2. The van der Waals surface area contributed by atoms with Crippen LogP contribution in [-0.4, -0.2) is 0 Å². The number of allylic oxidation sites excluding steroid dienone is 5. The monoisotopic (exact) mass is 230 g/mol. The second-order valence-electron chi connectivity index (χ2n) is 5.01. The molecule has 18 heavy (non-hydrogen) atoms. The molecule has 0 aliphatic heterocycles. The summed E-state index contributed by atoms with van der Waals surface area (Å²) >= 11 is 0. The van der Waals surface area contributed by atoms with Gasteiger partial charge in [0.15, 0.2) is 0 Å². The highest BCUT2D eigenvalue weighted by Crippen LogP contribution is 2.38. The molecule has 2 aromatic rings. The molecule has 0 radical (unpaired) electrons. The van der Waals surface area contributed by atoms with Crippen molar-refractivity contribution in [2.75, 3.05) is 0 Å². The average molecular weight is 230 g/mol. The third-order valence-electron chi connectivity index (χ3n) is 3.92. The topological polar surface area (TPSA) is 0 Å². The second-order valence-corrected chi connectivity index (χ2v) is 5.01. The van der Waals surface area contributed by atoms with E-state index < -0.39 is 0 Å². The van der Waals surface area contributed by atoms with Crippen LogP contribution in [0.4, 0.5) is 0 Å². The summed E-state index contributed by atoms with van der Waals surface area (Å²) in [5, 5.41) is 2.66. The largest absolute Gasteiger partial charge is 0.0838 e. The Morgan fingerprint density at radius 1 is 0.944 bits per heavy atom. The van der Waals surface area contributed by atoms with Gasteiger partial charge in [0.25, 0.3) is 0 Å². The first-order valence-electron chi connectivity index (χ1n) is 6.49. The van der Waals surface area contributed by atoms with E-state index in [-0.39, 0.29) is 0 Å². The van der Waals surface area contributed by atoms with Gasteiger partial charge in [0.2, 0.25) is 0 Å². The molecule has 2 aromatic carbocycles. The molecular formula is C18H14. The van der Waals surface area contributed by atoms with Gasteiger partial charge in [-0.2, -0.15) is 0 Å². The minimum absolute atomic E-state index is 0.461. The second kappa shape index (κ2) is 3.71. The Labute approximate surface area is 107 Å². The average Bonchev–Trinajstić information content (AvgIpc) is 2.45. The molecule has 0 bridgehead atoms. The Morgan fingerprint density at radius 2 is 1.78 bits per heavy atom. The first-order chi connectivity index (χ1) is 8.92. The molecule has 1 atom stereocenters. The summed E-state index contributed by atoms with van der Waals surface area (Å²) in [4.78, 5) is 0. The number of hydrogen-bond donors (Lipinski definition) is 0. The predicted octanol–water partition coefficient (Wildman–Crippen LogP) is 4.84. The summed E-state index contributed by atoms with van der Waals surface area (Å²) in [6.07, 6.45) is 12.5. The lowest BCUT2D eigenvalue weighted by molar-refractivity contribution is 0.973. The molecule has 86 valence electrons. The van der Waals surface area contributed by atoms with Crippen LogP contribution < -0.4 is 0 Å². The van der Waals surface area contributed by atoms with E-state index >= 15 is 0 Å². The van der Waals surface area contributed by atoms with Crippen LogP contribution in [0.2, 0.25) is 0 Å². The molecular weight excluding hydrogens is 216 g/mol. The Morgan fingerprint density at radius 3 is 2.67 bits per heavy atom. The van der Waals surface area contributed by atoms with E-state index in [0.717, 1.165) is 6.42 Å². The van der Waals surface area contributed by atoms with Crippen molar-refractivity contribution >= 4 is 16.8 Å². The molecule has 0 nitrogen and oxygen atoms in total. The smallest absolute Gasteiger partial charge is 0.0272 e. The lowest BCUT2D eigenvalue weighted by Crippen LogP contribution is -2.06. The molecule has 4 rings (SSSR count). The van der Waals surface area contributed by atoms with Crippen molar-refractivity contribution in [2.24, 2.45) is 0 Å². The zero-order valence-corrected chi connectivity index (χ0v) is 10.1. The van der Waals surface area contributed by atoms with E-state index in [1.165, 1.54) is 27.5 Å². The SMILES string of the molecule is C1=CC2C(=CC1)C=Cc1cc3ccccc3cc12. The number of fused-ring (bicyclic) bond motifs is 4. The van der Waals surface area contributed by atoms with Gasteiger partial charge in [0.1, 0.15) is 0 Å². The lowest BCUT2D eigenvalue weighted by Gasteiger charge is -2.24. The zero-order valence-electron chi connectivity index (χ0n) is 10.1. The van der Waals surface area contributed by atoms with Crippen molar-refractivity contribution in [1.29, 1.82) is 0 Å². The van der Waals surface area contributed by atoms with E-state index in [2.05, 4.69) is 66.8 Å². The Hall–Kier alpha value is -2.08. The maximum absolute atomic E-state index is 2.35. The van der Waals surface area contributed by atoms with Crippen molar-refractivity contribution in [3.8, 4) is 0 Å². The first-order valence-corrected chi connectivity index (χ1v) is 6.49. The highest BCUT2D eigenvalue weighted by Gasteiger charge is 2.20. The summed E-state index contributed by atoms with van der Waals surface area (Å²) in [5.74, 6) is 0.461. The fourth-order valence-corrected chi connectivity index (χ4v) is 2.99. The van der Waals surface area contributed by atoms with Crippen molar-refractivity contribution in [3.05, 3.63) is 77.4 Å². The number of hydrogen-bond acceptors (Lipinski definition) is 0. The van der Waals surface area contributed by atoms with Gasteiger partial charge in [-0.15, -0.1) is 0 Å². The summed E-state index contributed by atoms with van der Waals surface area (Å²) in [7, 11) is 0. The third kappa shape index (κ3) is 1.39. The van der Waals surface area contributed by atoms with Crippen LogP contribution in [-0.2, 0) is 0 Å². The summed E-state index contributed by atoms with van der Waals surface area (Å²) in [5.41, 5.74) is 4.25. The Kier molecular flexibility index (Phi) is 2.04. The van der Waals surface area contributed by atoms with Crippen LogP contribution in [0.15, 0.2) is 66.3 Å². The maximum atomic E-state index is 2.35. The van der Waals surface area contributed by atoms with E-state index in [9.17, 15) is 0 Å². The van der Waals surface area contributed by atoms with E-state index in [1.807, 2.05) is 0 Å². The van der Waals surface area contributed by atoms with E-state index in [0.29, 0.717) is 5.92 Å². The van der Waals surface area contributed by atoms with Crippen molar-refractivity contribution in [2.45, 2.75) is 12.3 Å². The first kappa shape index (κ1) is 9.90. The molecule has 0 spiro atoms. The van der Waals surface area contributed by atoms with Crippen LogP contribution >= 0.6 is 0 Å². The predicted molar refractivity (Wildman–Crippen MR) is 77.6 cm³/mol. The van der Waals surface area contributed by atoms with Crippen molar-refractivity contribution in [3.63, 3.8) is 0 Å². The molecule has 0 saturated heterocycles. The summed E-state index contributed by atoms with van der Waals surface area (Å²) < 4.78 is 0. The highest BCUT2D eigenvalue weighted by molar-refractivity contribution is 5.87. The molecule has 0 heteroatoms. The molecule has 0 fully saturated rings. The Balaban J connectivity index is 2.00. The zero-order chi connectivity index (χ0) is 11.9. The third-order valence-corrected chi connectivity index (χ3v) is 3.92. The van der Waals surface area contributed by atoms with Gasteiger partial charge in [0, 0.05) is 5.92 Å². The van der Waals surface area contributed by atoms with Gasteiger partial charge in [-0.05, 0) is 46.0 Å². The minimum atomic E-state index is 0.461. The molecule has 1 unspecified atom stereocenters. The Bertz CT molecular complexity index is 714. The molecule has 0 heterocycles. The molecule has 0 saturated carbocycles. The summed E-state index contributed by atoms with van der Waals surface area (Å²) in [6.45, 7) is 0. The van der Waals surface area contributed by atoms with Crippen molar-refractivity contribution in [1.82, 2.24) is 0 Å². The van der Waals surface area contributed by atoms with Crippen LogP contribution in [0.25, 0.3) is 16.8 Å². The van der Waals surface area contributed by atoms with Crippen LogP contribution in [0.3, 0.4) is 0 Å².